The van der Waals surface area contributed by atoms with Crippen LogP contribution in [0.4, 0.5) is 0 Å². The van der Waals surface area contributed by atoms with Crippen molar-refractivity contribution in [2.24, 2.45) is 5.73 Å². The maximum absolute atomic E-state index is 5.89. The van der Waals surface area contributed by atoms with E-state index >= 15 is 0 Å². The maximum atomic E-state index is 5.89. The first-order valence-corrected chi connectivity index (χ1v) is 4.55. The molecule has 0 heterocycles. The summed E-state index contributed by atoms with van der Waals surface area (Å²) in [4.78, 5) is 0. The van der Waals surface area contributed by atoms with Gasteiger partial charge in [0, 0.05) is 11.1 Å². The first-order chi connectivity index (χ1) is 5.52. The summed E-state index contributed by atoms with van der Waals surface area (Å²) >= 11 is 17.4. The Morgan fingerprint density at radius 2 is 1.83 bits per heavy atom. The van der Waals surface area contributed by atoms with Gasteiger partial charge in [-0.05, 0) is 24.6 Å². The molecule has 0 fully saturated rings. The average molecular weight is 225 g/mol. The predicted octanol–water partition coefficient (Wildman–Crippen LogP) is 3.67. The Morgan fingerprint density at radius 3 is 2.33 bits per heavy atom. The van der Waals surface area contributed by atoms with Crippen LogP contribution in [-0.2, 0) is 0 Å². The van der Waals surface area contributed by atoms with Crippen LogP contribution in [0.15, 0.2) is 12.1 Å². The molecule has 12 heavy (non-hydrogen) atoms. The molecule has 0 amide bonds. The lowest BCUT2D eigenvalue weighted by Gasteiger charge is -2.09. The van der Waals surface area contributed by atoms with E-state index in [9.17, 15) is 0 Å². The van der Waals surface area contributed by atoms with Gasteiger partial charge in [0.1, 0.15) is 0 Å². The van der Waals surface area contributed by atoms with E-state index in [1.54, 1.807) is 12.1 Å². The lowest BCUT2D eigenvalue weighted by molar-refractivity contribution is 0.818. The fourth-order valence-electron chi connectivity index (χ4n) is 0.907. The number of hydrogen-bond acceptors (Lipinski definition) is 1. The summed E-state index contributed by atoms with van der Waals surface area (Å²) in [5.74, 6) is 0. The molecule has 1 atom stereocenters. The highest BCUT2D eigenvalue weighted by Crippen LogP contribution is 2.32. The van der Waals surface area contributed by atoms with Crippen molar-refractivity contribution >= 4 is 34.8 Å². The van der Waals surface area contributed by atoms with Crippen molar-refractivity contribution in [2.45, 2.75) is 13.0 Å². The first-order valence-electron chi connectivity index (χ1n) is 3.42. The number of benzene rings is 1. The van der Waals surface area contributed by atoms with Gasteiger partial charge in [0.25, 0.3) is 0 Å². The molecule has 0 aliphatic heterocycles. The molecule has 2 N–H and O–H groups in total. The van der Waals surface area contributed by atoms with Gasteiger partial charge >= 0.3 is 0 Å². The molecule has 1 aromatic rings. The van der Waals surface area contributed by atoms with Crippen molar-refractivity contribution in [1.29, 1.82) is 0 Å². The smallest absolute Gasteiger partial charge is 0.0640 e. The third kappa shape index (κ3) is 2.05. The second-order valence-electron chi connectivity index (χ2n) is 2.58. The maximum Gasteiger partial charge on any atom is 0.0640 e. The quantitative estimate of drug-likeness (QED) is 0.724. The van der Waals surface area contributed by atoms with E-state index in [0.717, 1.165) is 5.56 Å². The van der Waals surface area contributed by atoms with Gasteiger partial charge in [0.05, 0.1) is 10.0 Å². The molecule has 0 spiro atoms. The van der Waals surface area contributed by atoms with Crippen LogP contribution >= 0.6 is 34.8 Å². The van der Waals surface area contributed by atoms with Crippen molar-refractivity contribution in [3.05, 3.63) is 32.8 Å². The van der Waals surface area contributed by atoms with Crippen molar-refractivity contribution in [2.75, 3.05) is 0 Å². The van der Waals surface area contributed by atoms with Crippen molar-refractivity contribution in [3.8, 4) is 0 Å². The molecule has 66 valence electrons. The lowest BCUT2D eigenvalue weighted by Crippen LogP contribution is -2.05. The van der Waals surface area contributed by atoms with E-state index in [1.807, 2.05) is 6.92 Å². The molecule has 0 aromatic heterocycles. The van der Waals surface area contributed by atoms with Gasteiger partial charge < -0.3 is 5.73 Å². The molecule has 0 bridgehead atoms. The molecule has 0 aliphatic carbocycles. The van der Waals surface area contributed by atoms with Crippen LogP contribution in [0.1, 0.15) is 18.5 Å². The molecule has 0 saturated carbocycles. The van der Waals surface area contributed by atoms with Gasteiger partial charge in [-0.2, -0.15) is 0 Å². The van der Waals surface area contributed by atoms with Crippen molar-refractivity contribution < 1.29 is 0 Å². The van der Waals surface area contributed by atoms with E-state index in [1.165, 1.54) is 0 Å². The van der Waals surface area contributed by atoms with Crippen LogP contribution in [-0.4, -0.2) is 0 Å². The van der Waals surface area contributed by atoms with Gasteiger partial charge in [-0.1, -0.05) is 34.8 Å². The van der Waals surface area contributed by atoms with Gasteiger partial charge in [0.15, 0.2) is 0 Å². The van der Waals surface area contributed by atoms with Crippen LogP contribution in [0.25, 0.3) is 0 Å². The van der Waals surface area contributed by atoms with Crippen molar-refractivity contribution in [1.82, 2.24) is 0 Å². The number of rotatable bonds is 1. The lowest BCUT2D eigenvalue weighted by atomic mass is 10.1. The highest BCUT2D eigenvalue weighted by Gasteiger charge is 2.09. The molecular weight excluding hydrogens is 216 g/mol. The summed E-state index contributed by atoms with van der Waals surface area (Å²) in [5, 5.41) is 1.48. The molecule has 1 nitrogen and oxygen atoms in total. The molecule has 0 saturated heterocycles. The van der Waals surface area contributed by atoms with Crippen LogP contribution in [0.2, 0.25) is 15.1 Å². The largest absolute Gasteiger partial charge is 0.324 e. The van der Waals surface area contributed by atoms with Crippen LogP contribution < -0.4 is 5.73 Å². The fourth-order valence-corrected chi connectivity index (χ4v) is 1.70. The number of halogens is 3. The Hall–Kier alpha value is 0.0500. The zero-order valence-electron chi connectivity index (χ0n) is 6.44. The third-order valence-corrected chi connectivity index (χ3v) is 2.55. The Morgan fingerprint density at radius 1 is 1.25 bits per heavy atom. The summed E-state index contributed by atoms with van der Waals surface area (Å²) in [6, 6.07) is 3.16. The van der Waals surface area contributed by atoms with Crippen molar-refractivity contribution in [3.63, 3.8) is 0 Å². The summed E-state index contributed by atoms with van der Waals surface area (Å²) in [6.07, 6.45) is 0. The number of hydrogen-bond donors (Lipinski definition) is 1. The second-order valence-corrected chi connectivity index (χ2v) is 3.80. The molecule has 1 rings (SSSR count). The molecule has 0 radical (unpaired) electrons. The summed E-state index contributed by atoms with van der Waals surface area (Å²) in [6.45, 7) is 1.83. The fraction of sp³-hybridized carbons (Fsp3) is 0.250. The molecule has 1 aromatic carbocycles. The SMILES string of the molecule is C[C@H](N)c1cc(Cl)cc(Cl)c1Cl. The van der Waals surface area contributed by atoms with E-state index in [-0.39, 0.29) is 6.04 Å². The molecule has 4 heteroatoms. The van der Waals surface area contributed by atoms with E-state index in [0.29, 0.717) is 15.1 Å². The summed E-state index contributed by atoms with van der Waals surface area (Å²) < 4.78 is 0. The standard InChI is InChI=1S/C8H8Cl3N/c1-4(12)6-2-5(9)3-7(10)8(6)11/h2-4H,12H2,1H3/t4-/m0/s1. The van der Waals surface area contributed by atoms with Crippen LogP contribution in [0.3, 0.4) is 0 Å². The third-order valence-electron chi connectivity index (χ3n) is 1.51. The number of nitrogens with two attached hydrogens (primary N) is 1. The topological polar surface area (TPSA) is 26.0 Å². The zero-order valence-corrected chi connectivity index (χ0v) is 8.71. The van der Waals surface area contributed by atoms with Gasteiger partial charge in [0.2, 0.25) is 0 Å². The Labute approximate surface area is 86.4 Å². The van der Waals surface area contributed by atoms with Gasteiger partial charge in [-0.25, -0.2) is 0 Å². The monoisotopic (exact) mass is 223 g/mol. The molecule has 0 unspecified atom stereocenters. The molecular formula is C8H8Cl3N. The first kappa shape index (κ1) is 10.1. The van der Waals surface area contributed by atoms with Crippen LogP contribution in [0, 0.1) is 0 Å². The molecule has 0 aliphatic rings. The Bertz CT molecular complexity index is 297. The second kappa shape index (κ2) is 3.84. The minimum Gasteiger partial charge on any atom is -0.324 e. The van der Waals surface area contributed by atoms with Gasteiger partial charge in [-0.3, -0.25) is 0 Å². The Balaban J connectivity index is 3.28. The zero-order chi connectivity index (χ0) is 9.30. The Kier molecular flexibility index (Phi) is 3.24. The average Bonchev–Trinajstić information content (AvgIpc) is 1.96. The van der Waals surface area contributed by atoms with E-state index < -0.39 is 0 Å². The normalized spacial score (nSPS) is 13.1. The summed E-state index contributed by atoms with van der Waals surface area (Å²) in [7, 11) is 0. The highest BCUT2D eigenvalue weighted by atomic mass is 35.5. The predicted molar refractivity (Wildman–Crippen MR) is 54.1 cm³/mol. The van der Waals surface area contributed by atoms with E-state index in [4.69, 9.17) is 40.5 Å². The van der Waals surface area contributed by atoms with Gasteiger partial charge in [-0.15, -0.1) is 0 Å². The van der Waals surface area contributed by atoms with Crippen LogP contribution in [0.5, 0.6) is 0 Å². The minimum absolute atomic E-state index is 0.159. The highest BCUT2D eigenvalue weighted by molar-refractivity contribution is 6.43. The minimum atomic E-state index is -0.159. The summed E-state index contributed by atoms with van der Waals surface area (Å²) in [5.41, 5.74) is 6.42. The van der Waals surface area contributed by atoms with E-state index in [2.05, 4.69) is 0 Å².